The molecule has 0 bridgehead atoms. The summed E-state index contributed by atoms with van der Waals surface area (Å²) in [7, 11) is 0. The van der Waals surface area contributed by atoms with Crippen molar-refractivity contribution in [3.63, 3.8) is 0 Å². The van der Waals surface area contributed by atoms with Gasteiger partial charge in [-0.25, -0.2) is 0 Å². The number of carboxylic acids is 1. The molecule has 1 N–H and O–H groups in total. The van der Waals surface area contributed by atoms with Crippen LogP contribution >= 0.6 is 0 Å². The predicted octanol–water partition coefficient (Wildman–Crippen LogP) is -0.957. The van der Waals surface area contributed by atoms with Crippen molar-refractivity contribution >= 4 is 11.9 Å². The molecule has 0 aliphatic carbocycles. The van der Waals surface area contributed by atoms with Gasteiger partial charge >= 0.3 is 0 Å². The van der Waals surface area contributed by atoms with E-state index in [-0.39, 0.29) is 18.7 Å². The maximum atomic E-state index is 10.7. The summed E-state index contributed by atoms with van der Waals surface area (Å²) in [5.74, 6) is -1.41. The highest BCUT2D eigenvalue weighted by atomic mass is 16.4. The first-order valence-corrected chi connectivity index (χ1v) is 3.63. The normalized spacial score (nSPS) is 9.18. The van der Waals surface area contributed by atoms with Gasteiger partial charge in [0.05, 0.1) is 0 Å². The van der Waals surface area contributed by atoms with Crippen LogP contribution in [0.25, 0.3) is 0 Å². The lowest BCUT2D eigenvalue weighted by molar-refractivity contribution is -0.305. The maximum absolute atomic E-state index is 10.7. The molecule has 0 atom stereocenters. The molecule has 0 heterocycles. The Labute approximate surface area is 65.6 Å². The monoisotopic (exact) mass is 158 g/mol. The lowest BCUT2D eigenvalue weighted by Gasteiger charge is -2.02. The molecule has 4 nitrogen and oxygen atoms in total. The van der Waals surface area contributed by atoms with Crippen molar-refractivity contribution in [2.45, 2.75) is 26.2 Å². The van der Waals surface area contributed by atoms with Crippen molar-refractivity contribution in [3.8, 4) is 0 Å². The average Bonchev–Trinajstić information content (AvgIpc) is 1.97. The van der Waals surface area contributed by atoms with Gasteiger partial charge in [0.25, 0.3) is 0 Å². The molecule has 0 aromatic carbocycles. The lowest BCUT2D eigenvalue weighted by Crippen LogP contribution is -2.28. The molecule has 0 aromatic heterocycles. The van der Waals surface area contributed by atoms with E-state index in [9.17, 15) is 14.7 Å². The van der Waals surface area contributed by atoms with E-state index >= 15 is 0 Å². The van der Waals surface area contributed by atoms with Crippen molar-refractivity contribution in [1.82, 2.24) is 5.32 Å². The van der Waals surface area contributed by atoms with E-state index in [1.54, 1.807) is 0 Å². The van der Waals surface area contributed by atoms with E-state index in [1.807, 2.05) is 6.92 Å². The molecule has 0 aliphatic rings. The van der Waals surface area contributed by atoms with Crippen LogP contribution in [0.4, 0.5) is 0 Å². The number of aliphatic carboxylic acids is 1. The molecular weight excluding hydrogens is 146 g/mol. The Kier molecular flexibility index (Phi) is 5.15. The van der Waals surface area contributed by atoms with Crippen molar-refractivity contribution in [2.24, 2.45) is 0 Å². The molecule has 0 aromatic rings. The van der Waals surface area contributed by atoms with E-state index in [1.165, 1.54) is 0 Å². The van der Waals surface area contributed by atoms with Gasteiger partial charge in [-0.05, 0) is 12.8 Å². The number of carbonyl (C=O) groups is 2. The van der Waals surface area contributed by atoms with Gasteiger partial charge in [0.15, 0.2) is 0 Å². The molecule has 0 saturated carbocycles. The van der Waals surface area contributed by atoms with Crippen molar-refractivity contribution < 1.29 is 14.7 Å². The Morgan fingerprint density at radius 3 is 2.45 bits per heavy atom. The first-order chi connectivity index (χ1) is 5.16. The lowest BCUT2D eigenvalue weighted by atomic mass is 10.3. The second-order valence-electron chi connectivity index (χ2n) is 2.22. The van der Waals surface area contributed by atoms with Crippen molar-refractivity contribution in [1.29, 1.82) is 0 Å². The second kappa shape index (κ2) is 5.70. The molecule has 0 fully saturated rings. The fourth-order valence-corrected chi connectivity index (χ4v) is 0.568. The summed E-state index contributed by atoms with van der Waals surface area (Å²) in [6.07, 6.45) is 0.676. The van der Waals surface area contributed by atoms with Gasteiger partial charge in [-0.15, -0.1) is 0 Å². The average molecular weight is 158 g/mol. The van der Waals surface area contributed by atoms with Gasteiger partial charge in [-0.1, -0.05) is 6.92 Å². The van der Waals surface area contributed by atoms with Crippen molar-refractivity contribution in [2.75, 3.05) is 6.54 Å². The van der Waals surface area contributed by atoms with Crippen LogP contribution in [0.5, 0.6) is 0 Å². The molecule has 4 heteroatoms. The van der Waals surface area contributed by atoms with Gasteiger partial charge < -0.3 is 15.2 Å². The fraction of sp³-hybridized carbons (Fsp3) is 0.714. The smallest absolute Gasteiger partial charge is 0.220 e. The number of amides is 1. The Morgan fingerprint density at radius 1 is 1.36 bits per heavy atom. The van der Waals surface area contributed by atoms with Crippen LogP contribution in [0.2, 0.25) is 0 Å². The van der Waals surface area contributed by atoms with E-state index in [0.717, 1.165) is 6.42 Å². The van der Waals surface area contributed by atoms with E-state index in [0.29, 0.717) is 6.54 Å². The quantitative estimate of drug-likeness (QED) is 0.560. The third-order valence-electron chi connectivity index (χ3n) is 1.13. The fourth-order valence-electron chi connectivity index (χ4n) is 0.568. The molecule has 0 radical (unpaired) electrons. The van der Waals surface area contributed by atoms with Gasteiger partial charge in [0.2, 0.25) is 5.91 Å². The topological polar surface area (TPSA) is 69.2 Å². The summed E-state index contributed by atoms with van der Waals surface area (Å²) in [4.78, 5) is 20.6. The number of carbonyl (C=O) groups excluding carboxylic acids is 2. The third-order valence-corrected chi connectivity index (χ3v) is 1.13. The number of hydrogen-bond donors (Lipinski definition) is 1. The highest BCUT2D eigenvalue weighted by Gasteiger charge is 1.98. The zero-order valence-corrected chi connectivity index (χ0v) is 6.55. The Morgan fingerprint density at radius 2 is 2.00 bits per heavy atom. The summed E-state index contributed by atoms with van der Waals surface area (Å²) in [5, 5.41) is 12.4. The Balaban J connectivity index is 3.30. The molecule has 11 heavy (non-hydrogen) atoms. The minimum atomic E-state index is -1.18. The minimum absolute atomic E-state index is 0.0162. The molecule has 0 spiro atoms. The number of rotatable bonds is 5. The molecule has 0 aliphatic heterocycles. The predicted molar refractivity (Wildman–Crippen MR) is 37.5 cm³/mol. The molecule has 0 unspecified atom stereocenters. The van der Waals surface area contributed by atoms with Crippen LogP contribution in [0.15, 0.2) is 0 Å². The van der Waals surface area contributed by atoms with Crippen LogP contribution in [-0.4, -0.2) is 18.4 Å². The van der Waals surface area contributed by atoms with E-state index < -0.39 is 5.97 Å². The molecule has 1 amide bonds. The number of carboxylic acid groups (broad SMARTS) is 1. The van der Waals surface area contributed by atoms with Gasteiger partial charge in [0, 0.05) is 18.9 Å². The van der Waals surface area contributed by atoms with Crippen LogP contribution in [0.3, 0.4) is 0 Å². The molecular formula is C7H12NO3-. The first kappa shape index (κ1) is 9.94. The van der Waals surface area contributed by atoms with E-state index in [2.05, 4.69) is 5.32 Å². The SMILES string of the molecule is CCCNC(=O)CCC(=O)[O-]. The molecule has 0 rings (SSSR count). The van der Waals surface area contributed by atoms with Crippen LogP contribution in [0.1, 0.15) is 26.2 Å². The molecule has 0 saturated heterocycles. The second-order valence-corrected chi connectivity index (χ2v) is 2.22. The van der Waals surface area contributed by atoms with Crippen molar-refractivity contribution in [3.05, 3.63) is 0 Å². The number of hydrogen-bond acceptors (Lipinski definition) is 3. The van der Waals surface area contributed by atoms with Gasteiger partial charge in [-0.2, -0.15) is 0 Å². The van der Waals surface area contributed by atoms with Gasteiger partial charge in [0.1, 0.15) is 0 Å². The van der Waals surface area contributed by atoms with E-state index in [4.69, 9.17) is 0 Å². The maximum Gasteiger partial charge on any atom is 0.220 e. The summed E-state index contributed by atoms with van der Waals surface area (Å²) in [6.45, 7) is 2.53. The standard InChI is InChI=1S/C7H13NO3/c1-2-5-8-6(9)3-4-7(10)11/h2-5H2,1H3,(H,8,9)(H,10,11)/p-1. The number of nitrogens with one attached hydrogen (secondary N) is 1. The highest BCUT2D eigenvalue weighted by Crippen LogP contribution is 1.86. The largest absolute Gasteiger partial charge is 0.550 e. The summed E-state index contributed by atoms with van der Waals surface area (Å²) in [6, 6.07) is 0. The summed E-state index contributed by atoms with van der Waals surface area (Å²) >= 11 is 0. The van der Waals surface area contributed by atoms with Crippen LogP contribution in [-0.2, 0) is 9.59 Å². The van der Waals surface area contributed by atoms with Crippen LogP contribution in [0, 0.1) is 0 Å². The summed E-state index contributed by atoms with van der Waals surface area (Å²) < 4.78 is 0. The minimum Gasteiger partial charge on any atom is -0.550 e. The van der Waals surface area contributed by atoms with Gasteiger partial charge in [-0.3, -0.25) is 4.79 Å². The Hall–Kier alpha value is -1.06. The Bertz CT molecular complexity index is 145. The summed E-state index contributed by atoms with van der Waals surface area (Å²) in [5.41, 5.74) is 0. The molecule has 64 valence electrons. The third kappa shape index (κ3) is 6.83. The zero-order valence-electron chi connectivity index (χ0n) is 6.55. The van der Waals surface area contributed by atoms with Crippen LogP contribution < -0.4 is 10.4 Å². The zero-order chi connectivity index (χ0) is 8.69. The first-order valence-electron chi connectivity index (χ1n) is 3.63. The highest BCUT2D eigenvalue weighted by molar-refractivity contribution is 5.79.